The molecular formula is C17H24N4O5. The number of nitro groups is 2. The van der Waals surface area contributed by atoms with Crippen molar-refractivity contribution >= 4 is 22.8 Å². The number of rotatable bonds is 6. The van der Waals surface area contributed by atoms with E-state index in [1.54, 1.807) is 0 Å². The summed E-state index contributed by atoms with van der Waals surface area (Å²) in [6.45, 7) is 8.77. The Kier molecular flexibility index (Phi) is 5.91. The van der Waals surface area contributed by atoms with E-state index in [0.717, 1.165) is 18.2 Å². The standard InChI is InChI=1S/C17H24N4O5/c1-11(2)7-13-9-16(17(3,4)10-26-13)19-18-14-6-5-12(20(22)23)8-15(14)21(24)25/h5-6,8,11,13,18H,7,9-10H2,1-4H3/b19-16+. The third-order valence-electron chi connectivity index (χ3n) is 4.32. The van der Waals surface area contributed by atoms with Gasteiger partial charge in [0.2, 0.25) is 0 Å². The van der Waals surface area contributed by atoms with Crippen LogP contribution in [0.5, 0.6) is 0 Å². The molecule has 0 spiro atoms. The van der Waals surface area contributed by atoms with E-state index < -0.39 is 9.85 Å². The fourth-order valence-electron chi connectivity index (χ4n) is 2.84. The summed E-state index contributed by atoms with van der Waals surface area (Å²) < 4.78 is 5.90. The van der Waals surface area contributed by atoms with Crippen molar-refractivity contribution in [2.45, 2.75) is 46.6 Å². The molecule has 0 saturated carbocycles. The summed E-state index contributed by atoms with van der Waals surface area (Å²) in [7, 11) is 0. The second-order valence-corrected chi connectivity index (χ2v) is 7.54. The molecule has 142 valence electrons. The number of nitrogens with zero attached hydrogens (tertiary/aromatic N) is 3. The Morgan fingerprint density at radius 2 is 2.00 bits per heavy atom. The highest BCUT2D eigenvalue weighted by atomic mass is 16.6. The largest absolute Gasteiger partial charge is 0.377 e. The highest BCUT2D eigenvalue weighted by molar-refractivity contribution is 5.91. The zero-order valence-electron chi connectivity index (χ0n) is 15.4. The molecule has 0 radical (unpaired) electrons. The minimum absolute atomic E-state index is 0.0652. The lowest BCUT2D eigenvalue weighted by molar-refractivity contribution is -0.393. The van der Waals surface area contributed by atoms with Crippen molar-refractivity contribution in [1.82, 2.24) is 0 Å². The predicted octanol–water partition coefficient (Wildman–Crippen LogP) is 4.13. The lowest BCUT2D eigenvalue weighted by Crippen LogP contribution is -2.41. The van der Waals surface area contributed by atoms with Gasteiger partial charge in [-0.3, -0.25) is 25.7 Å². The lowest BCUT2D eigenvalue weighted by Gasteiger charge is -2.36. The van der Waals surface area contributed by atoms with Crippen LogP contribution >= 0.6 is 0 Å². The monoisotopic (exact) mass is 364 g/mol. The van der Waals surface area contributed by atoms with Crippen molar-refractivity contribution < 1.29 is 14.6 Å². The molecule has 1 aromatic carbocycles. The van der Waals surface area contributed by atoms with E-state index in [9.17, 15) is 20.2 Å². The van der Waals surface area contributed by atoms with Gasteiger partial charge in [0.15, 0.2) is 0 Å². The van der Waals surface area contributed by atoms with Crippen LogP contribution in [0.15, 0.2) is 23.3 Å². The Hall–Kier alpha value is -2.55. The molecule has 26 heavy (non-hydrogen) atoms. The van der Waals surface area contributed by atoms with Crippen molar-refractivity contribution in [3.63, 3.8) is 0 Å². The number of hydrogen-bond donors (Lipinski definition) is 1. The van der Waals surface area contributed by atoms with Gasteiger partial charge in [-0.1, -0.05) is 27.7 Å². The highest BCUT2D eigenvalue weighted by Gasteiger charge is 2.34. The smallest absolute Gasteiger partial charge is 0.301 e. The van der Waals surface area contributed by atoms with Gasteiger partial charge < -0.3 is 4.74 Å². The molecule has 0 aromatic heterocycles. The summed E-state index contributed by atoms with van der Waals surface area (Å²) in [5.41, 5.74) is 2.70. The van der Waals surface area contributed by atoms with Crippen LogP contribution in [-0.4, -0.2) is 28.3 Å². The summed E-state index contributed by atoms with van der Waals surface area (Å²) in [4.78, 5) is 20.7. The first-order valence-corrected chi connectivity index (χ1v) is 8.47. The average molecular weight is 364 g/mol. The fourth-order valence-corrected chi connectivity index (χ4v) is 2.84. The van der Waals surface area contributed by atoms with Crippen LogP contribution in [-0.2, 0) is 4.74 Å². The topological polar surface area (TPSA) is 120 Å². The molecule has 0 aliphatic carbocycles. The lowest BCUT2D eigenvalue weighted by atomic mass is 9.81. The molecule has 1 heterocycles. The molecule has 1 aromatic rings. The molecule has 1 fully saturated rings. The van der Waals surface area contributed by atoms with Crippen LogP contribution in [0.25, 0.3) is 0 Å². The number of hydrogen-bond acceptors (Lipinski definition) is 7. The van der Waals surface area contributed by atoms with Gasteiger partial charge in [-0.25, -0.2) is 0 Å². The van der Waals surface area contributed by atoms with Crippen molar-refractivity contribution in [2.24, 2.45) is 16.4 Å². The van der Waals surface area contributed by atoms with E-state index >= 15 is 0 Å². The maximum Gasteiger partial charge on any atom is 0.301 e. The molecule has 1 aliphatic rings. The van der Waals surface area contributed by atoms with E-state index in [2.05, 4.69) is 24.4 Å². The summed E-state index contributed by atoms with van der Waals surface area (Å²) in [6.07, 6.45) is 1.61. The third-order valence-corrected chi connectivity index (χ3v) is 4.32. The van der Waals surface area contributed by atoms with Crippen LogP contribution in [0, 0.1) is 31.6 Å². The fraction of sp³-hybridized carbons (Fsp3) is 0.588. The van der Waals surface area contributed by atoms with Crippen LogP contribution < -0.4 is 5.43 Å². The molecule has 9 heteroatoms. The minimum atomic E-state index is -0.666. The molecule has 1 aliphatic heterocycles. The zero-order valence-corrected chi connectivity index (χ0v) is 15.4. The van der Waals surface area contributed by atoms with E-state index in [1.807, 2.05) is 13.8 Å². The van der Waals surface area contributed by atoms with Crippen molar-refractivity contribution in [3.8, 4) is 0 Å². The summed E-state index contributed by atoms with van der Waals surface area (Å²) in [6, 6.07) is 3.45. The third kappa shape index (κ3) is 4.75. The van der Waals surface area contributed by atoms with Gasteiger partial charge in [-0.15, -0.1) is 0 Å². The summed E-state index contributed by atoms with van der Waals surface area (Å²) >= 11 is 0. The molecule has 1 saturated heterocycles. The maximum absolute atomic E-state index is 11.2. The zero-order chi connectivity index (χ0) is 19.5. The summed E-state index contributed by atoms with van der Waals surface area (Å²) in [5, 5.41) is 26.4. The number of ether oxygens (including phenoxy) is 1. The van der Waals surface area contributed by atoms with Crippen LogP contribution in [0.3, 0.4) is 0 Å². The van der Waals surface area contributed by atoms with Gasteiger partial charge in [-0.05, 0) is 18.4 Å². The normalized spacial score (nSPS) is 21.0. The van der Waals surface area contributed by atoms with Crippen LogP contribution in [0.1, 0.15) is 40.5 Å². The van der Waals surface area contributed by atoms with Crippen molar-refractivity contribution in [2.75, 3.05) is 12.0 Å². The number of hydrazone groups is 1. The van der Waals surface area contributed by atoms with Crippen LogP contribution in [0.2, 0.25) is 0 Å². The summed E-state index contributed by atoms with van der Waals surface area (Å²) in [5.74, 6) is 0.492. The van der Waals surface area contributed by atoms with Gasteiger partial charge in [-0.2, -0.15) is 5.10 Å². The average Bonchev–Trinajstić information content (AvgIpc) is 2.54. The van der Waals surface area contributed by atoms with E-state index in [1.165, 1.54) is 12.1 Å². The minimum Gasteiger partial charge on any atom is -0.377 e. The first-order valence-electron chi connectivity index (χ1n) is 8.47. The van der Waals surface area contributed by atoms with Gasteiger partial charge >= 0.3 is 5.69 Å². The Labute approximate surface area is 151 Å². The maximum atomic E-state index is 11.2. The number of nitro benzene ring substituents is 2. The van der Waals surface area contributed by atoms with Gasteiger partial charge in [0.1, 0.15) is 5.69 Å². The van der Waals surface area contributed by atoms with Crippen molar-refractivity contribution in [3.05, 3.63) is 38.4 Å². The Morgan fingerprint density at radius 3 is 2.58 bits per heavy atom. The van der Waals surface area contributed by atoms with Gasteiger partial charge in [0.25, 0.3) is 5.69 Å². The first-order chi connectivity index (χ1) is 12.1. The molecule has 0 bridgehead atoms. The Balaban J connectivity index is 2.26. The highest BCUT2D eigenvalue weighted by Crippen LogP contribution is 2.32. The second-order valence-electron chi connectivity index (χ2n) is 7.54. The number of nitrogens with one attached hydrogen (secondary N) is 1. The van der Waals surface area contributed by atoms with Gasteiger partial charge in [0.05, 0.1) is 28.6 Å². The Bertz CT molecular complexity index is 730. The van der Waals surface area contributed by atoms with Crippen molar-refractivity contribution in [1.29, 1.82) is 0 Å². The second kappa shape index (κ2) is 7.77. The SMILES string of the molecule is CC(C)CC1C/C(=N\Nc2ccc([N+](=O)[O-])cc2[N+](=O)[O-])C(C)(C)CO1. The molecule has 1 N–H and O–H groups in total. The quantitative estimate of drug-likeness (QED) is 0.598. The molecule has 0 amide bonds. The van der Waals surface area contributed by atoms with Gasteiger partial charge in [0, 0.05) is 23.6 Å². The first kappa shape index (κ1) is 19.8. The van der Waals surface area contributed by atoms with Crippen LogP contribution in [0.4, 0.5) is 17.1 Å². The van der Waals surface area contributed by atoms with E-state index in [-0.39, 0.29) is 28.6 Å². The number of anilines is 1. The number of non-ortho nitro benzene ring substituents is 1. The molecule has 9 nitrogen and oxygen atoms in total. The molecule has 1 atom stereocenters. The molecule has 1 unspecified atom stereocenters. The number of benzene rings is 1. The van der Waals surface area contributed by atoms with E-state index in [4.69, 9.17) is 4.74 Å². The molecule has 2 rings (SSSR count). The molecular weight excluding hydrogens is 340 g/mol. The van der Waals surface area contributed by atoms with E-state index in [0.29, 0.717) is 18.9 Å². The predicted molar refractivity (Wildman–Crippen MR) is 98.4 cm³/mol. The Morgan fingerprint density at radius 1 is 1.31 bits per heavy atom.